The van der Waals surface area contributed by atoms with Crippen LogP contribution < -0.4 is 5.32 Å². The first kappa shape index (κ1) is 17.6. The van der Waals surface area contributed by atoms with E-state index in [1.807, 2.05) is 0 Å². The van der Waals surface area contributed by atoms with Gasteiger partial charge in [0.2, 0.25) is 0 Å². The molecule has 1 rings (SSSR count). The van der Waals surface area contributed by atoms with Crippen molar-refractivity contribution in [2.45, 2.75) is 37.6 Å². The third-order valence-corrected chi connectivity index (χ3v) is 4.42. The molecule has 0 aliphatic heterocycles. The van der Waals surface area contributed by atoms with Crippen LogP contribution in [0.3, 0.4) is 0 Å². The molecule has 1 N–H and O–H groups in total. The van der Waals surface area contributed by atoms with Gasteiger partial charge in [-0.05, 0) is 31.9 Å². The average molecular weight is 314 g/mol. The normalized spacial score (nSPS) is 13.4. The molecule has 0 spiro atoms. The number of nitro groups is 1. The highest BCUT2D eigenvalue weighted by atomic mass is 32.2. The van der Waals surface area contributed by atoms with Gasteiger partial charge in [0.25, 0.3) is 5.69 Å². The minimum absolute atomic E-state index is 0.0681. The summed E-state index contributed by atoms with van der Waals surface area (Å²) in [5.74, 6) is 0.444. The summed E-state index contributed by atoms with van der Waals surface area (Å²) in [5, 5.41) is 14.4. The lowest BCUT2D eigenvalue weighted by atomic mass is 9.96. The molecule has 0 aliphatic carbocycles. The highest BCUT2D eigenvalue weighted by Gasteiger charge is 2.27. The van der Waals surface area contributed by atoms with E-state index in [0.717, 1.165) is 12.7 Å². The second-order valence-electron chi connectivity index (χ2n) is 5.61. The van der Waals surface area contributed by atoms with Crippen molar-refractivity contribution in [3.63, 3.8) is 0 Å². The van der Waals surface area contributed by atoms with Gasteiger partial charge in [0.15, 0.2) is 9.84 Å². The molecule has 6 nitrogen and oxygen atoms in total. The molecule has 0 bridgehead atoms. The molecule has 0 amide bonds. The smallest absolute Gasteiger partial charge is 0.291 e. The fraction of sp³-hybridized carbons (Fsp3) is 0.571. The molecule has 0 aliphatic rings. The van der Waals surface area contributed by atoms with Crippen molar-refractivity contribution in [3.05, 3.63) is 33.9 Å². The van der Waals surface area contributed by atoms with Gasteiger partial charge in [-0.25, -0.2) is 8.42 Å². The van der Waals surface area contributed by atoms with E-state index in [4.69, 9.17) is 0 Å². The Morgan fingerprint density at radius 1 is 1.33 bits per heavy atom. The number of hydrogen-bond donors (Lipinski definition) is 1. The van der Waals surface area contributed by atoms with Crippen molar-refractivity contribution in [3.8, 4) is 0 Å². The van der Waals surface area contributed by atoms with Gasteiger partial charge in [-0.2, -0.15) is 0 Å². The molecule has 21 heavy (non-hydrogen) atoms. The predicted octanol–water partition coefficient (Wildman–Crippen LogP) is 2.17. The molecule has 0 saturated carbocycles. The quantitative estimate of drug-likeness (QED) is 0.615. The van der Waals surface area contributed by atoms with Crippen LogP contribution in [0.25, 0.3) is 0 Å². The maximum absolute atomic E-state index is 11.7. The molecule has 118 valence electrons. The number of rotatable bonds is 7. The third-order valence-electron chi connectivity index (χ3n) is 3.30. The van der Waals surface area contributed by atoms with Crippen LogP contribution in [0.2, 0.25) is 0 Å². The maximum Gasteiger partial charge on any atom is 0.291 e. The maximum atomic E-state index is 11.7. The zero-order valence-electron chi connectivity index (χ0n) is 12.8. The van der Waals surface area contributed by atoms with Crippen LogP contribution >= 0.6 is 0 Å². The van der Waals surface area contributed by atoms with E-state index in [-0.39, 0.29) is 16.6 Å². The Bertz CT molecular complexity index is 611. The van der Waals surface area contributed by atoms with Crippen LogP contribution in [0, 0.1) is 16.0 Å². The molecular weight excluding hydrogens is 292 g/mol. The minimum atomic E-state index is -3.63. The van der Waals surface area contributed by atoms with Gasteiger partial charge in [0, 0.05) is 17.9 Å². The van der Waals surface area contributed by atoms with Crippen LogP contribution in [0.5, 0.6) is 0 Å². The highest BCUT2D eigenvalue weighted by Crippen LogP contribution is 2.29. The van der Waals surface area contributed by atoms with Crippen LogP contribution in [0.4, 0.5) is 5.69 Å². The molecule has 1 aromatic rings. The zero-order valence-corrected chi connectivity index (χ0v) is 13.6. The second-order valence-corrected chi connectivity index (χ2v) is 7.60. The van der Waals surface area contributed by atoms with Crippen LogP contribution in [0.1, 0.15) is 25.8 Å². The van der Waals surface area contributed by atoms with Crippen molar-refractivity contribution >= 4 is 15.5 Å². The molecule has 0 heterocycles. The Morgan fingerprint density at radius 3 is 2.38 bits per heavy atom. The summed E-state index contributed by atoms with van der Waals surface area (Å²) in [5.41, 5.74) is 0.145. The third kappa shape index (κ3) is 4.78. The van der Waals surface area contributed by atoms with Crippen molar-refractivity contribution in [2.75, 3.05) is 13.3 Å². The second kappa shape index (κ2) is 7.00. The van der Waals surface area contributed by atoms with Crippen LogP contribution in [0.15, 0.2) is 23.1 Å². The van der Waals surface area contributed by atoms with Crippen molar-refractivity contribution in [2.24, 2.45) is 5.92 Å². The van der Waals surface area contributed by atoms with Gasteiger partial charge in [0.1, 0.15) is 4.90 Å². The Morgan fingerprint density at radius 2 is 1.95 bits per heavy atom. The number of sulfone groups is 1. The minimum Gasteiger partial charge on any atom is -0.317 e. The number of nitro benzene ring substituents is 1. The van der Waals surface area contributed by atoms with Gasteiger partial charge < -0.3 is 5.32 Å². The summed E-state index contributed by atoms with van der Waals surface area (Å²) < 4.78 is 23.4. The summed E-state index contributed by atoms with van der Waals surface area (Å²) in [6, 6.07) is 4.53. The highest BCUT2D eigenvalue weighted by molar-refractivity contribution is 7.90. The number of hydrogen-bond acceptors (Lipinski definition) is 5. The summed E-state index contributed by atoms with van der Waals surface area (Å²) in [6.45, 7) is 4.15. The lowest BCUT2D eigenvalue weighted by Crippen LogP contribution is -2.29. The van der Waals surface area contributed by atoms with Crippen LogP contribution in [-0.4, -0.2) is 32.7 Å². The summed E-state index contributed by atoms with van der Waals surface area (Å²) in [4.78, 5) is 10.5. The Balaban J connectivity index is 3.27. The van der Waals surface area contributed by atoms with E-state index in [1.165, 1.54) is 6.07 Å². The van der Waals surface area contributed by atoms with Gasteiger partial charge >= 0.3 is 0 Å². The molecule has 0 radical (unpaired) electrons. The Kier molecular flexibility index (Phi) is 5.86. The van der Waals surface area contributed by atoms with Gasteiger partial charge in [0.05, 0.1) is 4.92 Å². The standard InChI is InChI=1S/C14H22N2O4S/c1-10(2)8-12(15-3)9-11-6-5-7-13(21(4,19)20)14(11)16(17)18/h5-7,10,12,15H,8-9H2,1-4H3. The van der Waals surface area contributed by atoms with Gasteiger partial charge in [-0.15, -0.1) is 0 Å². The molecule has 0 aromatic heterocycles. The van der Waals surface area contributed by atoms with E-state index >= 15 is 0 Å². The summed E-state index contributed by atoms with van der Waals surface area (Å²) >= 11 is 0. The lowest BCUT2D eigenvalue weighted by Gasteiger charge is -2.18. The van der Waals surface area contributed by atoms with E-state index in [2.05, 4.69) is 19.2 Å². The fourth-order valence-corrected chi connectivity index (χ4v) is 3.26. The summed E-state index contributed by atoms with van der Waals surface area (Å²) in [6.07, 6.45) is 2.27. The summed E-state index contributed by atoms with van der Waals surface area (Å²) in [7, 11) is -1.82. The SMILES string of the molecule is CNC(Cc1cccc(S(C)(=O)=O)c1[N+](=O)[O-])CC(C)C. The molecule has 1 atom stereocenters. The number of benzene rings is 1. The fourth-order valence-electron chi connectivity index (χ4n) is 2.38. The first-order chi connectivity index (χ1) is 9.66. The predicted molar refractivity (Wildman–Crippen MR) is 82.2 cm³/mol. The average Bonchev–Trinajstić information content (AvgIpc) is 2.35. The zero-order chi connectivity index (χ0) is 16.2. The lowest BCUT2D eigenvalue weighted by molar-refractivity contribution is -0.388. The van der Waals surface area contributed by atoms with E-state index in [0.29, 0.717) is 17.9 Å². The van der Waals surface area contributed by atoms with E-state index in [1.54, 1.807) is 19.2 Å². The molecule has 7 heteroatoms. The number of nitrogens with one attached hydrogen (secondary N) is 1. The molecular formula is C14H22N2O4S. The van der Waals surface area contributed by atoms with Crippen LogP contribution in [-0.2, 0) is 16.3 Å². The van der Waals surface area contributed by atoms with Gasteiger partial charge in [-0.3, -0.25) is 10.1 Å². The molecule has 0 saturated heterocycles. The number of nitrogens with zero attached hydrogens (tertiary/aromatic N) is 1. The van der Waals surface area contributed by atoms with Gasteiger partial charge in [-0.1, -0.05) is 26.0 Å². The topological polar surface area (TPSA) is 89.3 Å². The number of para-hydroxylation sites is 1. The molecule has 1 unspecified atom stereocenters. The van der Waals surface area contributed by atoms with Crippen molar-refractivity contribution < 1.29 is 13.3 Å². The van der Waals surface area contributed by atoms with Crippen molar-refractivity contribution in [1.82, 2.24) is 5.32 Å². The first-order valence-corrected chi connectivity index (χ1v) is 8.69. The molecule has 0 fully saturated rings. The largest absolute Gasteiger partial charge is 0.317 e. The van der Waals surface area contributed by atoms with Crippen molar-refractivity contribution in [1.29, 1.82) is 0 Å². The first-order valence-electron chi connectivity index (χ1n) is 6.80. The Labute approximate surface area is 125 Å². The Hall–Kier alpha value is -1.47. The molecule has 1 aromatic carbocycles. The number of likely N-dealkylation sites (N-methyl/N-ethyl adjacent to an activating group) is 1. The van der Waals surface area contributed by atoms with E-state index in [9.17, 15) is 18.5 Å². The van der Waals surface area contributed by atoms with E-state index < -0.39 is 14.8 Å². The monoisotopic (exact) mass is 314 g/mol.